The first-order valence-corrected chi connectivity index (χ1v) is 6.28. The van der Waals surface area contributed by atoms with Crippen molar-refractivity contribution in [2.45, 2.75) is 44.6 Å². The van der Waals surface area contributed by atoms with E-state index in [0.717, 1.165) is 25.7 Å². The van der Waals surface area contributed by atoms with Crippen LogP contribution in [0.5, 0.6) is 0 Å². The van der Waals surface area contributed by atoms with Crippen molar-refractivity contribution in [3.8, 4) is 0 Å². The first-order valence-electron chi connectivity index (χ1n) is 6.28. The lowest BCUT2D eigenvalue weighted by Gasteiger charge is -2.37. The highest BCUT2D eigenvalue weighted by molar-refractivity contribution is 5.06. The van der Waals surface area contributed by atoms with Gasteiger partial charge < -0.3 is 15.0 Å². The third kappa shape index (κ3) is 2.50. The Labute approximate surface area is 102 Å². The summed E-state index contributed by atoms with van der Waals surface area (Å²) in [4.78, 5) is 4.44. The van der Waals surface area contributed by atoms with Crippen LogP contribution in [0.2, 0.25) is 0 Å². The van der Waals surface area contributed by atoms with Crippen LogP contribution in [0.1, 0.15) is 44.3 Å². The van der Waals surface area contributed by atoms with Gasteiger partial charge in [0.05, 0.1) is 0 Å². The summed E-state index contributed by atoms with van der Waals surface area (Å²) < 4.78 is 10.8. The van der Waals surface area contributed by atoms with E-state index >= 15 is 0 Å². The maximum absolute atomic E-state index is 5.58. The highest BCUT2D eigenvalue weighted by atomic mass is 16.5. The van der Waals surface area contributed by atoms with Crippen molar-refractivity contribution in [1.82, 2.24) is 10.1 Å². The molecule has 96 valence electrons. The highest BCUT2D eigenvalue weighted by Crippen LogP contribution is 2.42. The smallest absolute Gasteiger partial charge is 0.226 e. The Morgan fingerprint density at radius 2 is 2.29 bits per heavy atom. The molecular weight excluding hydrogens is 218 g/mol. The predicted octanol–water partition coefficient (Wildman–Crippen LogP) is 1.62. The van der Waals surface area contributed by atoms with Gasteiger partial charge in [0.1, 0.15) is 5.60 Å². The summed E-state index contributed by atoms with van der Waals surface area (Å²) >= 11 is 0. The van der Waals surface area contributed by atoms with Gasteiger partial charge in [-0.3, -0.25) is 0 Å². The van der Waals surface area contributed by atoms with E-state index in [4.69, 9.17) is 15.0 Å². The zero-order chi connectivity index (χ0) is 12.3. The molecule has 0 radical (unpaired) electrons. The fourth-order valence-electron chi connectivity index (χ4n) is 2.05. The van der Waals surface area contributed by atoms with Crippen molar-refractivity contribution in [3.63, 3.8) is 0 Å². The topological polar surface area (TPSA) is 74.2 Å². The molecular formula is C12H21N3O2. The molecule has 0 bridgehead atoms. The van der Waals surface area contributed by atoms with Gasteiger partial charge in [0.2, 0.25) is 11.7 Å². The molecule has 1 unspecified atom stereocenters. The third-order valence-corrected chi connectivity index (χ3v) is 3.68. The molecule has 1 saturated carbocycles. The molecule has 17 heavy (non-hydrogen) atoms. The molecule has 1 fully saturated rings. The Bertz CT molecular complexity index is 355. The minimum atomic E-state index is -0.277. The molecule has 1 aliphatic carbocycles. The number of aryl methyl sites for hydroxylation is 1. The second kappa shape index (κ2) is 5.14. The molecule has 0 spiro atoms. The maximum Gasteiger partial charge on any atom is 0.226 e. The first-order chi connectivity index (χ1) is 8.20. The van der Waals surface area contributed by atoms with Crippen molar-refractivity contribution < 1.29 is 9.26 Å². The van der Waals surface area contributed by atoms with E-state index < -0.39 is 0 Å². The molecule has 0 aromatic carbocycles. The lowest BCUT2D eigenvalue weighted by molar-refractivity contribution is -0.0858. The van der Waals surface area contributed by atoms with E-state index in [1.165, 1.54) is 6.42 Å². The fourth-order valence-corrected chi connectivity index (χ4v) is 2.05. The lowest BCUT2D eigenvalue weighted by Crippen LogP contribution is -2.37. The van der Waals surface area contributed by atoms with Crippen molar-refractivity contribution in [2.75, 3.05) is 13.7 Å². The maximum atomic E-state index is 5.58. The molecule has 1 aliphatic rings. The Balaban J connectivity index is 1.96. The summed E-state index contributed by atoms with van der Waals surface area (Å²) in [5.41, 5.74) is 5.30. The number of rotatable bonds is 6. The van der Waals surface area contributed by atoms with E-state index in [0.29, 0.717) is 24.2 Å². The molecule has 1 aromatic rings. The van der Waals surface area contributed by atoms with Crippen LogP contribution in [-0.4, -0.2) is 23.8 Å². The van der Waals surface area contributed by atoms with E-state index in [-0.39, 0.29) is 5.60 Å². The number of nitrogens with two attached hydrogens (primary N) is 1. The highest BCUT2D eigenvalue weighted by Gasteiger charge is 2.43. The average Bonchev–Trinajstić information content (AvgIpc) is 2.74. The van der Waals surface area contributed by atoms with E-state index in [2.05, 4.69) is 17.1 Å². The minimum Gasteiger partial charge on any atom is -0.370 e. The molecule has 5 heteroatoms. The zero-order valence-electron chi connectivity index (χ0n) is 10.6. The summed E-state index contributed by atoms with van der Waals surface area (Å²) in [6.07, 6.45) is 4.93. The second-order valence-corrected chi connectivity index (χ2v) is 4.94. The van der Waals surface area contributed by atoms with Gasteiger partial charge in [0.15, 0.2) is 0 Å². The first kappa shape index (κ1) is 12.5. The summed E-state index contributed by atoms with van der Waals surface area (Å²) in [5.74, 6) is 1.90. The van der Waals surface area contributed by atoms with Crippen LogP contribution in [-0.2, 0) is 16.8 Å². The molecule has 1 atom stereocenters. The summed E-state index contributed by atoms with van der Waals surface area (Å²) in [6, 6.07) is 0. The molecule has 5 nitrogen and oxygen atoms in total. The number of hydrogen-bond acceptors (Lipinski definition) is 5. The lowest BCUT2D eigenvalue weighted by atomic mass is 9.79. The number of nitrogens with zero attached hydrogens (tertiary/aromatic N) is 2. The van der Waals surface area contributed by atoms with Crippen LogP contribution in [0.15, 0.2) is 4.52 Å². The van der Waals surface area contributed by atoms with Gasteiger partial charge in [-0.1, -0.05) is 12.1 Å². The molecule has 1 aromatic heterocycles. The largest absolute Gasteiger partial charge is 0.370 e. The Hall–Kier alpha value is -0.940. The summed E-state index contributed by atoms with van der Waals surface area (Å²) in [6.45, 7) is 2.82. The third-order valence-electron chi connectivity index (χ3n) is 3.68. The van der Waals surface area contributed by atoms with Gasteiger partial charge in [0.25, 0.3) is 0 Å². The van der Waals surface area contributed by atoms with Gasteiger partial charge in [-0.25, -0.2) is 0 Å². The fraction of sp³-hybridized carbons (Fsp3) is 0.833. The van der Waals surface area contributed by atoms with Crippen LogP contribution >= 0.6 is 0 Å². The van der Waals surface area contributed by atoms with Gasteiger partial charge in [0, 0.05) is 13.5 Å². The number of methoxy groups -OCH3 is 1. The van der Waals surface area contributed by atoms with Crippen molar-refractivity contribution in [3.05, 3.63) is 11.7 Å². The van der Waals surface area contributed by atoms with Gasteiger partial charge in [-0.15, -0.1) is 0 Å². The monoisotopic (exact) mass is 239 g/mol. The van der Waals surface area contributed by atoms with E-state index in [9.17, 15) is 0 Å². The van der Waals surface area contributed by atoms with Crippen molar-refractivity contribution >= 4 is 0 Å². The van der Waals surface area contributed by atoms with Crippen LogP contribution in [0, 0.1) is 5.92 Å². The second-order valence-electron chi connectivity index (χ2n) is 4.94. The molecule has 2 rings (SSSR count). The van der Waals surface area contributed by atoms with Gasteiger partial charge in [-0.2, -0.15) is 4.98 Å². The van der Waals surface area contributed by atoms with E-state index in [1.807, 2.05) is 0 Å². The number of hydrogen-bond donors (Lipinski definition) is 1. The van der Waals surface area contributed by atoms with Crippen LogP contribution in [0.3, 0.4) is 0 Å². The zero-order valence-corrected chi connectivity index (χ0v) is 10.6. The summed E-state index contributed by atoms with van der Waals surface area (Å²) in [5, 5.41) is 4.04. The molecule has 0 amide bonds. The SMILES string of the molecule is COC1(c2noc(CCC(C)CN)n2)CCC1. The Kier molecular flexibility index (Phi) is 3.79. The quantitative estimate of drug-likeness (QED) is 0.816. The summed E-state index contributed by atoms with van der Waals surface area (Å²) in [7, 11) is 1.71. The standard InChI is InChI=1S/C12H21N3O2/c1-9(8-13)4-5-10-14-11(15-17-10)12(16-2)6-3-7-12/h9H,3-8,13H2,1-2H3. The molecule has 0 aliphatic heterocycles. The van der Waals surface area contributed by atoms with E-state index in [1.54, 1.807) is 7.11 Å². The molecule has 0 saturated heterocycles. The Morgan fingerprint density at radius 1 is 1.53 bits per heavy atom. The minimum absolute atomic E-state index is 0.277. The molecule has 2 N–H and O–H groups in total. The predicted molar refractivity (Wildman–Crippen MR) is 63.4 cm³/mol. The van der Waals surface area contributed by atoms with Gasteiger partial charge >= 0.3 is 0 Å². The van der Waals surface area contributed by atoms with Crippen molar-refractivity contribution in [1.29, 1.82) is 0 Å². The van der Waals surface area contributed by atoms with Gasteiger partial charge in [-0.05, 0) is 38.1 Å². The number of aromatic nitrogens is 2. The van der Waals surface area contributed by atoms with Crippen LogP contribution in [0.4, 0.5) is 0 Å². The number of ether oxygens (including phenoxy) is 1. The molecule has 1 heterocycles. The van der Waals surface area contributed by atoms with Crippen molar-refractivity contribution in [2.24, 2.45) is 11.7 Å². The van der Waals surface area contributed by atoms with Crippen LogP contribution < -0.4 is 5.73 Å². The normalized spacial score (nSPS) is 19.9. The average molecular weight is 239 g/mol. The Morgan fingerprint density at radius 3 is 2.82 bits per heavy atom. The van der Waals surface area contributed by atoms with Crippen LogP contribution in [0.25, 0.3) is 0 Å².